The van der Waals surface area contributed by atoms with Crippen molar-refractivity contribution in [2.75, 3.05) is 0 Å². The third-order valence-electron chi connectivity index (χ3n) is 2.33. The number of hydrogen-bond acceptors (Lipinski definition) is 0. The normalized spacial score (nSPS) is 26.5. The van der Waals surface area contributed by atoms with Crippen LogP contribution in [0.5, 0.6) is 0 Å². The quantitative estimate of drug-likeness (QED) is 0.538. The molecule has 1 aliphatic rings. The van der Waals surface area contributed by atoms with Crippen molar-refractivity contribution in [2.24, 2.45) is 11.8 Å². The summed E-state index contributed by atoms with van der Waals surface area (Å²) in [6, 6.07) is 0. The van der Waals surface area contributed by atoms with Crippen LogP contribution in [0.15, 0.2) is 11.6 Å². The SMILES string of the molecule is CCCC1CC1=CCC(C)C. The van der Waals surface area contributed by atoms with E-state index in [2.05, 4.69) is 26.8 Å². The molecule has 64 valence electrons. The van der Waals surface area contributed by atoms with Crippen molar-refractivity contribution >= 4 is 0 Å². The zero-order valence-corrected chi connectivity index (χ0v) is 8.06. The molecular formula is C11H20. The van der Waals surface area contributed by atoms with Crippen LogP contribution in [0.2, 0.25) is 0 Å². The van der Waals surface area contributed by atoms with Gasteiger partial charge in [-0.2, -0.15) is 0 Å². The van der Waals surface area contributed by atoms with Gasteiger partial charge in [0.05, 0.1) is 0 Å². The van der Waals surface area contributed by atoms with Gasteiger partial charge in [0.15, 0.2) is 0 Å². The molecule has 1 atom stereocenters. The molecule has 0 aromatic carbocycles. The van der Waals surface area contributed by atoms with Crippen LogP contribution >= 0.6 is 0 Å². The molecule has 0 saturated heterocycles. The van der Waals surface area contributed by atoms with Crippen molar-refractivity contribution in [3.63, 3.8) is 0 Å². The molecule has 0 N–H and O–H groups in total. The largest absolute Gasteiger partial charge is 0.0848 e. The highest BCUT2D eigenvalue weighted by Gasteiger charge is 2.27. The minimum absolute atomic E-state index is 0.838. The Morgan fingerprint density at radius 1 is 1.55 bits per heavy atom. The first-order valence-electron chi connectivity index (χ1n) is 4.93. The summed E-state index contributed by atoms with van der Waals surface area (Å²) >= 11 is 0. The van der Waals surface area contributed by atoms with Crippen molar-refractivity contribution in [1.82, 2.24) is 0 Å². The highest BCUT2D eigenvalue weighted by molar-refractivity contribution is 5.22. The fourth-order valence-electron chi connectivity index (χ4n) is 1.50. The third-order valence-corrected chi connectivity index (χ3v) is 2.33. The molecule has 0 bridgehead atoms. The molecule has 0 heteroatoms. The summed E-state index contributed by atoms with van der Waals surface area (Å²) in [6.45, 7) is 6.85. The predicted octanol–water partition coefficient (Wildman–Crippen LogP) is 3.78. The molecule has 11 heavy (non-hydrogen) atoms. The van der Waals surface area contributed by atoms with E-state index in [1.165, 1.54) is 25.7 Å². The molecule has 0 aromatic rings. The Bertz CT molecular complexity index is 142. The second-order valence-electron chi connectivity index (χ2n) is 4.10. The van der Waals surface area contributed by atoms with Gasteiger partial charge in [-0.25, -0.2) is 0 Å². The Labute approximate surface area is 70.7 Å². The smallest absolute Gasteiger partial charge is 0.0166 e. The standard InChI is InChI=1S/C11H20/c1-4-5-10-8-11(10)7-6-9(2)3/h7,9-10H,4-6,8H2,1-3H3. The predicted molar refractivity (Wildman–Crippen MR) is 50.6 cm³/mol. The summed E-state index contributed by atoms with van der Waals surface area (Å²) in [5.41, 5.74) is 1.74. The highest BCUT2D eigenvalue weighted by Crippen LogP contribution is 2.41. The lowest BCUT2D eigenvalue weighted by molar-refractivity contribution is 0.660. The molecule has 1 unspecified atom stereocenters. The van der Waals surface area contributed by atoms with Crippen LogP contribution in [0.1, 0.15) is 46.5 Å². The molecule has 0 amide bonds. The van der Waals surface area contributed by atoms with E-state index in [9.17, 15) is 0 Å². The Balaban J connectivity index is 2.15. The van der Waals surface area contributed by atoms with E-state index in [-0.39, 0.29) is 0 Å². The second-order valence-corrected chi connectivity index (χ2v) is 4.10. The van der Waals surface area contributed by atoms with Crippen LogP contribution in [-0.2, 0) is 0 Å². The van der Waals surface area contributed by atoms with Crippen LogP contribution in [0, 0.1) is 11.8 Å². The first kappa shape index (κ1) is 8.83. The Morgan fingerprint density at radius 3 is 2.82 bits per heavy atom. The average Bonchev–Trinajstić information content (AvgIpc) is 2.64. The fourth-order valence-corrected chi connectivity index (χ4v) is 1.50. The number of allylic oxidation sites excluding steroid dienone is 2. The second kappa shape index (κ2) is 3.94. The summed E-state index contributed by atoms with van der Waals surface area (Å²) in [7, 11) is 0. The lowest BCUT2D eigenvalue weighted by atomic mass is 10.1. The highest BCUT2D eigenvalue weighted by atomic mass is 14.3. The zero-order valence-electron chi connectivity index (χ0n) is 8.06. The van der Waals surface area contributed by atoms with Crippen LogP contribution < -0.4 is 0 Å². The maximum absolute atomic E-state index is 2.46. The molecule has 1 aliphatic carbocycles. The maximum atomic E-state index is 2.46. The minimum Gasteiger partial charge on any atom is -0.0848 e. The Kier molecular flexibility index (Phi) is 3.16. The summed E-state index contributed by atoms with van der Waals surface area (Å²) in [4.78, 5) is 0. The van der Waals surface area contributed by atoms with E-state index >= 15 is 0 Å². The molecule has 1 fully saturated rings. The topological polar surface area (TPSA) is 0 Å². The third kappa shape index (κ3) is 3.09. The lowest BCUT2D eigenvalue weighted by Gasteiger charge is -1.95. The van der Waals surface area contributed by atoms with E-state index in [0.29, 0.717) is 0 Å². The molecule has 0 aromatic heterocycles. The van der Waals surface area contributed by atoms with Gasteiger partial charge < -0.3 is 0 Å². The average molecular weight is 152 g/mol. The van der Waals surface area contributed by atoms with E-state index in [4.69, 9.17) is 0 Å². The van der Waals surface area contributed by atoms with Gasteiger partial charge in [-0.15, -0.1) is 0 Å². The molecular weight excluding hydrogens is 132 g/mol. The molecule has 0 aliphatic heterocycles. The van der Waals surface area contributed by atoms with Crippen LogP contribution in [0.3, 0.4) is 0 Å². The molecule has 1 saturated carbocycles. The molecule has 0 spiro atoms. The lowest BCUT2D eigenvalue weighted by Crippen LogP contribution is -1.81. The molecule has 0 nitrogen and oxygen atoms in total. The summed E-state index contributed by atoms with van der Waals surface area (Å²) in [5, 5.41) is 0. The van der Waals surface area contributed by atoms with E-state index in [0.717, 1.165) is 11.8 Å². The van der Waals surface area contributed by atoms with Gasteiger partial charge in [0, 0.05) is 0 Å². The maximum Gasteiger partial charge on any atom is -0.0166 e. The minimum atomic E-state index is 0.838. The first-order chi connectivity index (χ1) is 5.24. The van der Waals surface area contributed by atoms with Gasteiger partial charge in [-0.3, -0.25) is 0 Å². The molecule has 1 rings (SSSR count). The fraction of sp³-hybridized carbons (Fsp3) is 0.818. The summed E-state index contributed by atoms with van der Waals surface area (Å²) < 4.78 is 0. The van der Waals surface area contributed by atoms with E-state index in [1.807, 2.05) is 0 Å². The van der Waals surface area contributed by atoms with Crippen molar-refractivity contribution in [1.29, 1.82) is 0 Å². The van der Waals surface area contributed by atoms with Crippen LogP contribution in [-0.4, -0.2) is 0 Å². The summed E-state index contributed by atoms with van der Waals surface area (Å²) in [5.74, 6) is 1.82. The first-order valence-corrected chi connectivity index (χ1v) is 4.93. The van der Waals surface area contributed by atoms with Gasteiger partial charge in [0.2, 0.25) is 0 Å². The van der Waals surface area contributed by atoms with Crippen molar-refractivity contribution in [3.8, 4) is 0 Å². The monoisotopic (exact) mass is 152 g/mol. The van der Waals surface area contributed by atoms with Gasteiger partial charge in [0.25, 0.3) is 0 Å². The van der Waals surface area contributed by atoms with Crippen LogP contribution in [0.4, 0.5) is 0 Å². The van der Waals surface area contributed by atoms with Gasteiger partial charge in [-0.05, 0) is 31.1 Å². The molecule has 0 heterocycles. The summed E-state index contributed by atoms with van der Waals surface area (Å²) in [6.07, 6.45) is 7.93. The zero-order chi connectivity index (χ0) is 8.27. The Hall–Kier alpha value is -0.260. The van der Waals surface area contributed by atoms with Gasteiger partial charge >= 0.3 is 0 Å². The Morgan fingerprint density at radius 2 is 2.27 bits per heavy atom. The van der Waals surface area contributed by atoms with Crippen molar-refractivity contribution in [3.05, 3.63) is 11.6 Å². The van der Waals surface area contributed by atoms with Crippen molar-refractivity contribution in [2.45, 2.75) is 46.5 Å². The van der Waals surface area contributed by atoms with Crippen LogP contribution in [0.25, 0.3) is 0 Å². The molecule has 0 radical (unpaired) electrons. The van der Waals surface area contributed by atoms with Gasteiger partial charge in [-0.1, -0.05) is 38.8 Å². The van der Waals surface area contributed by atoms with E-state index in [1.54, 1.807) is 5.57 Å². The number of hydrogen-bond donors (Lipinski definition) is 0. The number of rotatable bonds is 4. The van der Waals surface area contributed by atoms with E-state index < -0.39 is 0 Å². The van der Waals surface area contributed by atoms with Crippen molar-refractivity contribution < 1.29 is 0 Å². The van der Waals surface area contributed by atoms with Gasteiger partial charge in [0.1, 0.15) is 0 Å².